The molecule has 3 aliphatic rings. The minimum Gasteiger partial charge on any atom is -0.379 e. The Morgan fingerprint density at radius 1 is 1.26 bits per heavy atom. The molecule has 1 aliphatic heterocycles. The highest BCUT2D eigenvalue weighted by Gasteiger charge is 2.60. The summed E-state index contributed by atoms with van der Waals surface area (Å²) in [5.41, 5.74) is 0.894. The van der Waals surface area contributed by atoms with Gasteiger partial charge in [-0.3, -0.25) is 0 Å². The zero-order valence-corrected chi connectivity index (χ0v) is 13.4. The quantitative estimate of drug-likeness (QED) is 0.843. The number of rotatable bonds is 4. The van der Waals surface area contributed by atoms with E-state index in [9.17, 15) is 0 Å². The molecule has 0 radical (unpaired) electrons. The number of hydrogen-bond donors (Lipinski definition) is 0. The molecule has 7 heteroatoms. The molecule has 2 bridgehead atoms. The second-order valence-electron chi connectivity index (χ2n) is 7.01. The van der Waals surface area contributed by atoms with Crippen LogP contribution in [0.4, 0.5) is 5.82 Å². The van der Waals surface area contributed by atoms with Crippen LogP contribution in [0, 0.1) is 17.8 Å². The second-order valence-corrected chi connectivity index (χ2v) is 7.01. The molecular weight excluding hydrogens is 294 g/mol. The number of methoxy groups -OCH3 is 2. The summed E-state index contributed by atoms with van der Waals surface area (Å²) in [5, 5.41) is 4.39. The number of nitrogens with zero attached hydrogens (tertiary/aromatic N) is 5. The molecule has 3 fully saturated rings. The van der Waals surface area contributed by atoms with Gasteiger partial charge in [-0.15, -0.1) is 0 Å². The molecule has 5 atom stereocenters. The first-order chi connectivity index (χ1) is 11.3. The SMILES string of the molecule is COCc1cc(N2C[C@@H]3C[C@H]4C[C@H]3[C@@H]2[C@@H]4OC)n2ncnc2n1. The maximum Gasteiger partial charge on any atom is 0.254 e. The summed E-state index contributed by atoms with van der Waals surface area (Å²) in [6.07, 6.45) is 4.50. The topological polar surface area (TPSA) is 64.8 Å². The van der Waals surface area contributed by atoms with Gasteiger partial charge in [0.25, 0.3) is 5.78 Å². The van der Waals surface area contributed by atoms with Crippen molar-refractivity contribution in [1.29, 1.82) is 0 Å². The van der Waals surface area contributed by atoms with Crippen LogP contribution in [0.5, 0.6) is 0 Å². The van der Waals surface area contributed by atoms with Crippen LogP contribution in [0.1, 0.15) is 18.5 Å². The second kappa shape index (κ2) is 4.88. The van der Waals surface area contributed by atoms with Crippen molar-refractivity contribution in [3.05, 3.63) is 18.1 Å². The van der Waals surface area contributed by atoms with Gasteiger partial charge in [-0.25, -0.2) is 4.98 Å². The summed E-state index contributed by atoms with van der Waals surface area (Å²) in [6.45, 7) is 1.56. The first-order valence-corrected chi connectivity index (χ1v) is 8.28. The van der Waals surface area contributed by atoms with Crippen LogP contribution in [0.15, 0.2) is 12.4 Å². The van der Waals surface area contributed by atoms with Gasteiger partial charge in [-0.2, -0.15) is 14.6 Å². The molecule has 0 amide bonds. The van der Waals surface area contributed by atoms with E-state index in [0.717, 1.165) is 35.8 Å². The summed E-state index contributed by atoms with van der Waals surface area (Å²) in [5.74, 6) is 3.96. The Morgan fingerprint density at radius 2 is 2.17 bits per heavy atom. The van der Waals surface area contributed by atoms with E-state index in [1.54, 1.807) is 13.4 Å². The molecule has 3 heterocycles. The molecule has 0 aromatic carbocycles. The fourth-order valence-electron chi connectivity index (χ4n) is 5.25. The Bertz CT molecular complexity index is 745. The van der Waals surface area contributed by atoms with Gasteiger partial charge in [0.1, 0.15) is 12.1 Å². The zero-order valence-electron chi connectivity index (χ0n) is 13.4. The van der Waals surface area contributed by atoms with Crippen LogP contribution < -0.4 is 4.90 Å². The molecule has 2 aromatic heterocycles. The first kappa shape index (κ1) is 13.7. The van der Waals surface area contributed by atoms with Gasteiger partial charge >= 0.3 is 0 Å². The van der Waals surface area contributed by atoms with E-state index in [2.05, 4.69) is 26.0 Å². The number of ether oxygens (including phenoxy) is 2. The standard InChI is InChI=1S/C16H21N5O2/c1-22-7-11-5-13(21-16(19-11)17-8-18-21)20-6-10-3-9-4-12(10)14(20)15(9)23-2/h5,8-10,12,14-15H,3-4,6-7H2,1-2H3/t9-,10-,12+,14+,15+/m0/s1. The lowest BCUT2D eigenvalue weighted by atomic mass is 9.88. The number of hydrogen-bond acceptors (Lipinski definition) is 6. The molecule has 7 nitrogen and oxygen atoms in total. The van der Waals surface area contributed by atoms with Crippen molar-refractivity contribution in [2.45, 2.75) is 31.6 Å². The van der Waals surface area contributed by atoms with Crippen LogP contribution in [-0.4, -0.2) is 52.5 Å². The largest absolute Gasteiger partial charge is 0.379 e. The molecular formula is C16H21N5O2. The highest BCUT2D eigenvalue weighted by molar-refractivity contribution is 5.51. The maximum atomic E-state index is 5.87. The van der Waals surface area contributed by atoms with Crippen molar-refractivity contribution >= 4 is 11.6 Å². The van der Waals surface area contributed by atoms with E-state index in [4.69, 9.17) is 9.47 Å². The fraction of sp³-hybridized carbons (Fsp3) is 0.688. The average molecular weight is 315 g/mol. The monoisotopic (exact) mass is 315 g/mol. The molecule has 2 aliphatic carbocycles. The van der Waals surface area contributed by atoms with E-state index >= 15 is 0 Å². The van der Waals surface area contributed by atoms with Gasteiger partial charge in [0.05, 0.1) is 24.4 Å². The third-order valence-corrected chi connectivity index (χ3v) is 5.96. The third kappa shape index (κ3) is 1.80. The summed E-state index contributed by atoms with van der Waals surface area (Å²) in [6, 6.07) is 2.55. The van der Waals surface area contributed by atoms with Crippen LogP contribution in [0.25, 0.3) is 5.78 Å². The molecule has 2 aromatic rings. The number of aromatic nitrogens is 4. The zero-order chi connectivity index (χ0) is 15.6. The Morgan fingerprint density at radius 3 is 3.00 bits per heavy atom. The Labute approximate surface area is 134 Å². The van der Waals surface area contributed by atoms with Crippen LogP contribution >= 0.6 is 0 Å². The minimum atomic E-state index is 0.330. The minimum absolute atomic E-state index is 0.330. The highest BCUT2D eigenvalue weighted by atomic mass is 16.5. The van der Waals surface area contributed by atoms with Gasteiger partial charge in [0, 0.05) is 26.8 Å². The molecule has 2 saturated carbocycles. The van der Waals surface area contributed by atoms with Gasteiger partial charge in [-0.1, -0.05) is 0 Å². The molecule has 23 heavy (non-hydrogen) atoms. The lowest BCUT2D eigenvalue weighted by Crippen LogP contribution is -2.42. The first-order valence-electron chi connectivity index (χ1n) is 8.28. The molecule has 0 spiro atoms. The van der Waals surface area contributed by atoms with Crippen molar-refractivity contribution in [3.63, 3.8) is 0 Å². The molecule has 1 saturated heterocycles. The van der Waals surface area contributed by atoms with Gasteiger partial charge in [0.2, 0.25) is 0 Å². The molecule has 0 N–H and O–H groups in total. The lowest BCUT2D eigenvalue weighted by molar-refractivity contribution is 0.0446. The van der Waals surface area contributed by atoms with Crippen molar-refractivity contribution in [2.75, 3.05) is 25.7 Å². The summed E-state index contributed by atoms with van der Waals surface area (Å²) in [4.78, 5) is 11.3. The van der Waals surface area contributed by atoms with Gasteiger partial charge in [-0.05, 0) is 30.6 Å². The summed E-state index contributed by atoms with van der Waals surface area (Å²) in [7, 11) is 3.54. The predicted molar refractivity (Wildman–Crippen MR) is 83.1 cm³/mol. The van der Waals surface area contributed by atoms with E-state index in [0.29, 0.717) is 24.5 Å². The van der Waals surface area contributed by atoms with E-state index in [-0.39, 0.29) is 0 Å². The highest BCUT2D eigenvalue weighted by Crippen LogP contribution is 2.56. The van der Waals surface area contributed by atoms with Crippen molar-refractivity contribution < 1.29 is 9.47 Å². The van der Waals surface area contributed by atoms with Crippen molar-refractivity contribution in [2.24, 2.45) is 17.8 Å². The predicted octanol–water partition coefficient (Wildman–Crippen LogP) is 1.13. The number of fused-ring (bicyclic) bond motifs is 2. The van der Waals surface area contributed by atoms with Crippen molar-refractivity contribution in [3.8, 4) is 0 Å². The Hall–Kier alpha value is -1.73. The average Bonchev–Trinajstić information content (AvgIpc) is 3.26. The summed E-state index contributed by atoms with van der Waals surface area (Å²) >= 11 is 0. The van der Waals surface area contributed by atoms with Crippen LogP contribution in [-0.2, 0) is 16.1 Å². The third-order valence-electron chi connectivity index (χ3n) is 5.96. The van der Waals surface area contributed by atoms with E-state index < -0.39 is 0 Å². The lowest BCUT2D eigenvalue weighted by Gasteiger charge is -2.32. The van der Waals surface area contributed by atoms with Crippen molar-refractivity contribution in [1.82, 2.24) is 19.6 Å². The molecule has 5 rings (SSSR count). The van der Waals surface area contributed by atoms with Crippen LogP contribution in [0.2, 0.25) is 0 Å². The van der Waals surface area contributed by atoms with Gasteiger partial charge in [0.15, 0.2) is 0 Å². The number of anilines is 1. The fourth-order valence-corrected chi connectivity index (χ4v) is 5.25. The normalized spacial score (nSPS) is 34.9. The molecule has 0 unspecified atom stereocenters. The van der Waals surface area contributed by atoms with E-state index in [1.165, 1.54) is 12.8 Å². The smallest absolute Gasteiger partial charge is 0.254 e. The van der Waals surface area contributed by atoms with Gasteiger partial charge < -0.3 is 14.4 Å². The van der Waals surface area contributed by atoms with E-state index in [1.807, 2.05) is 11.6 Å². The maximum absolute atomic E-state index is 5.87. The Balaban J connectivity index is 1.61. The van der Waals surface area contributed by atoms with Crippen LogP contribution in [0.3, 0.4) is 0 Å². The molecule has 122 valence electrons. The Kier molecular flexibility index (Phi) is 2.90. The summed E-state index contributed by atoms with van der Waals surface area (Å²) < 4.78 is 13.0.